The summed E-state index contributed by atoms with van der Waals surface area (Å²) < 4.78 is 0. The molecule has 5 heteroatoms. The van der Waals surface area contributed by atoms with Gasteiger partial charge in [0, 0.05) is 21.7 Å². The molecule has 0 spiro atoms. The fourth-order valence-electron chi connectivity index (χ4n) is 2.00. The van der Waals surface area contributed by atoms with Gasteiger partial charge in [0.05, 0.1) is 11.7 Å². The molecule has 0 aliphatic heterocycles. The fraction of sp³-hybridized carbons (Fsp3) is 0.0667. The maximum Gasteiger partial charge on any atom is 0.255 e. The van der Waals surface area contributed by atoms with E-state index < -0.39 is 0 Å². The van der Waals surface area contributed by atoms with Crippen molar-refractivity contribution in [3.63, 3.8) is 0 Å². The van der Waals surface area contributed by atoms with Crippen molar-refractivity contribution < 1.29 is 4.79 Å². The van der Waals surface area contributed by atoms with Crippen molar-refractivity contribution >= 4 is 34.1 Å². The van der Waals surface area contributed by atoms with E-state index in [9.17, 15) is 4.79 Å². The van der Waals surface area contributed by atoms with Crippen LogP contribution in [0.2, 0.25) is 5.02 Å². The number of H-pyrrole nitrogens is 1. The number of fused-ring (bicyclic) bond motifs is 1. The molecule has 0 saturated heterocycles. The Morgan fingerprint density at radius 3 is 2.95 bits per heavy atom. The number of hydrogen-bond acceptors (Lipinski definition) is 2. The highest BCUT2D eigenvalue weighted by molar-refractivity contribution is 6.31. The minimum absolute atomic E-state index is 0.174. The number of hydrogen-bond donors (Lipinski definition) is 2. The van der Waals surface area contributed by atoms with E-state index in [2.05, 4.69) is 15.5 Å². The zero-order chi connectivity index (χ0) is 14.1. The van der Waals surface area contributed by atoms with Crippen LogP contribution < -0.4 is 5.32 Å². The van der Waals surface area contributed by atoms with Crippen LogP contribution in [0.15, 0.2) is 42.6 Å². The summed E-state index contributed by atoms with van der Waals surface area (Å²) >= 11 is 5.95. The van der Waals surface area contributed by atoms with Gasteiger partial charge in [-0.15, -0.1) is 0 Å². The Balaban J connectivity index is 1.90. The van der Waals surface area contributed by atoms with Crippen molar-refractivity contribution in [3.8, 4) is 0 Å². The van der Waals surface area contributed by atoms with Crippen LogP contribution in [0.5, 0.6) is 0 Å². The first kappa shape index (κ1) is 12.7. The molecule has 2 N–H and O–H groups in total. The van der Waals surface area contributed by atoms with Crippen molar-refractivity contribution in [3.05, 3.63) is 58.7 Å². The van der Waals surface area contributed by atoms with Crippen LogP contribution in [0.1, 0.15) is 15.9 Å². The molecule has 3 rings (SSSR count). The van der Waals surface area contributed by atoms with Gasteiger partial charge >= 0.3 is 0 Å². The molecule has 2 aromatic carbocycles. The zero-order valence-electron chi connectivity index (χ0n) is 10.8. The average molecular weight is 286 g/mol. The standard InChI is InChI=1S/C15H12ClN3O/c1-9-2-5-12(16)7-13(9)18-15(20)10-3-4-11-8-17-19-14(11)6-10/h2-8H,1H3,(H,17,19)(H,18,20). The molecule has 3 aromatic rings. The second kappa shape index (κ2) is 4.98. The Morgan fingerprint density at radius 1 is 1.25 bits per heavy atom. The van der Waals surface area contributed by atoms with Crippen molar-refractivity contribution in [2.45, 2.75) is 6.92 Å². The maximum atomic E-state index is 12.3. The van der Waals surface area contributed by atoms with Gasteiger partial charge in [0.25, 0.3) is 5.91 Å². The van der Waals surface area contributed by atoms with Gasteiger partial charge in [-0.2, -0.15) is 5.10 Å². The summed E-state index contributed by atoms with van der Waals surface area (Å²) in [5.41, 5.74) is 3.08. The van der Waals surface area contributed by atoms with Gasteiger partial charge in [0.15, 0.2) is 0 Å². The number of nitrogens with zero attached hydrogens (tertiary/aromatic N) is 1. The molecule has 1 aromatic heterocycles. The SMILES string of the molecule is Cc1ccc(Cl)cc1NC(=O)c1ccc2cn[nH]c2c1. The van der Waals surface area contributed by atoms with E-state index in [1.807, 2.05) is 19.1 Å². The van der Waals surface area contributed by atoms with E-state index in [1.165, 1.54) is 0 Å². The second-order valence-electron chi connectivity index (χ2n) is 4.59. The maximum absolute atomic E-state index is 12.3. The van der Waals surface area contributed by atoms with Crippen LogP contribution in [-0.2, 0) is 0 Å². The highest BCUT2D eigenvalue weighted by atomic mass is 35.5. The molecule has 0 atom stereocenters. The lowest BCUT2D eigenvalue weighted by atomic mass is 10.1. The summed E-state index contributed by atoms with van der Waals surface area (Å²) in [6.07, 6.45) is 1.72. The molecule has 20 heavy (non-hydrogen) atoms. The molecule has 4 nitrogen and oxygen atoms in total. The topological polar surface area (TPSA) is 57.8 Å². The minimum Gasteiger partial charge on any atom is -0.322 e. The summed E-state index contributed by atoms with van der Waals surface area (Å²) in [6.45, 7) is 1.92. The smallest absolute Gasteiger partial charge is 0.255 e. The van der Waals surface area contributed by atoms with Gasteiger partial charge in [0.2, 0.25) is 0 Å². The Kier molecular flexibility index (Phi) is 3.16. The molecule has 0 saturated carbocycles. The van der Waals surface area contributed by atoms with Crippen molar-refractivity contribution in [2.24, 2.45) is 0 Å². The van der Waals surface area contributed by atoms with E-state index in [0.717, 1.165) is 16.5 Å². The largest absolute Gasteiger partial charge is 0.322 e. The van der Waals surface area contributed by atoms with E-state index >= 15 is 0 Å². The third kappa shape index (κ3) is 2.38. The summed E-state index contributed by atoms with van der Waals surface area (Å²) in [5.74, 6) is -0.174. The van der Waals surface area contributed by atoms with Crippen LogP contribution in [0.25, 0.3) is 10.9 Å². The Labute approximate surface area is 120 Å². The molecule has 0 fully saturated rings. The van der Waals surface area contributed by atoms with Gasteiger partial charge in [-0.3, -0.25) is 9.89 Å². The first-order valence-corrected chi connectivity index (χ1v) is 6.52. The Bertz CT molecular complexity index is 795. The third-order valence-corrected chi connectivity index (χ3v) is 3.39. The molecule has 0 bridgehead atoms. The Morgan fingerprint density at radius 2 is 2.10 bits per heavy atom. The average Bonchev–Trinajstić information content (AvgIpc) is 2.90. The summed E-state index contributed by atoms with van der Waals surface area (Å²) in [7, 11) is 0. The number of halogens is 1. The summed E-state index contributed by atoms with van der Waals surface area (Å²) in [6, 6.07) is 10.8. The number of benzene rings is 2. The molecular formula is C15H12ClN3O. The first-order chi connectivity index (χ1) is 9.63. The van der Waals surface area contributed by atoms with Crippen LogP contribution in [0, 0.1) is 6.92 Å². The van der Waals surface area contributed by atoms with Gasteiger partial charge in [-0.05, 0) is 36.8 Å². The van der Waals surface area contributed by atoms with E-state index in [4.69, 9.17) is 11.6 Å². The lowest BCUT2D eigenvalue weighted by Gasteiger charge is -2.09. The van der Waals surface area contributed by atoms with Crippen molar-refractivity contribution in [2.75, 3.05) is 5.32 Å². The lowest BCUT2D eigenvalue weighted by Crippen LogP contribution is -2.12. The third-order valence-electron chi connectivity index (χ3n) is 3.15. The lowest BCUT2D eigenvalue weighted by molar-refractivity contribution is 0.102. The zero-order valence-corrected chi connectivity index (χ0v) is 11.5. The van der Waals surface area contributed by atoms with Crippen LogP contribution in [0.3, 0.4) is 0 Å². The molecule has 0 aliphatic rings. The van der Waals surface area contributed by atoms with E-state index in [-0.39, 0.29) is 5.91 Å². The van der Waals surface area contributed by atoms with Crippen LogP contribution in [0.4, 0.5) is 5.69 Å². The number of nitrogens with one attached hydrogen (secondary N) is 2. The number of rotatable bonds is 2. The molecule has 1 amide bonds. The number of aryl methyl sites for hydroxylation is 1. The highest BCUT2D eigenvalue weighted by Gasteiger charge is 2.09. The monoisotopic (exact) mass is 285 g/mol. The van der Waals surface area contributed by atoms with Crippen LogP contribution in [-0.4, -0.2) is 16.1 Å². The first-order valence-electron chi connectivity index (χ1n) is 6.14. The number of carbonyl (C=O) groups excluding carboxylic acids is 1. The van der Waals surface area contributed by atoms with Crippen molar-refractivity contribution in [1.82, 2.24) is 10.2 Å². The predicted molar refractivity (Wildman–Crippen MR) is 80.2 cm³/mol. The molecule has 100 valence electrons. The van der Waals surface area contributed by atoms with E-state index in [1.54, 1.807) is 30.5 Å². The summed E-state index contributed by atoms with van der Waals surface area (Å²) in [4.78, 5) is 12.3. The second-order valence-corrected chi connectivity index (χ2v) is 5.02. The number of aromatic amines is 1. The van der Waals surface area contributed by atoms with Gasteiger partial charge < -0.3 is 5.32 Å². The number of carbonyl (C=O) groups is 1. The molecule has 0 radical (unpaired) electrons. The van der Waals surface area contributed by atoms with Gasteiger partial charge in [-0.1, -0.05) is 23.7 Å². The van der Waals surface area contributed by atoms with Gasteiger partial charge in [-0.25, -0.2) is 0 Å². The van der Waals surface area contributed by atoms with E-state index in [0.29, 0.717) is 16.3 Å². The molecular weight excluding hydrogens is 274 g/mol. The number of aromatic nitrogens is 2. The molecule has 1 heterocycles. The Hall–Kier alpha value is -2.33. The number of anilines is 1. The highest BCUT2D eigenvalue weighted by Crippen LogP contribution is 2.21. The quantitative estimate of drug-likeness (QED) is 0.753. The van der Waals surface area contributed by atoms with Crippen LogP contribution >= 0.6 is 11.6 Å². The normalized spacial score (nSPS) is 10.7. The predicted octanol–water partition coefficient (Wildman–Crippen LogP) is 3.78. The number of amides is 1. The molecule has 0 unspecified atom stereocenters. The van der Waals surface area contributed by atoms with Crippen molar-refractivity contribution in [1.29, 1.82) is 0 Å². The minimum atomic E-state index is -0.174. The molecule has 0 aliphatic carbocycles. The van der Waals surface area contributed by atoms with Gasteiger partial charge in [0.1, 0.15) is 0 Å². The summed E-state index contributed by atoms with van der Waals surface area (Å²) in [5, 5.41) is 11.2. The fourth-order valence-corrected chi connectivity index (χ4v) is 2.17.